The van der Waals surface area contributed by atoms with Gasteiger partial charge in [0.1, 0.15) is 0 Å². The lowest BCUT2D eigenvalue weighted by Crippen LogP contribution is -2.17. The van der Waals surface area contributed by atoms with E-state index in [0.717, 1.165) is 33.4 Å². The smallest absolute Gasteiger partial charge is 0.0171 e. The summed E-state index contributed by atoms with van der Waals surface area (Å²) in [6, 6.07) is 44.9. The van der Waals surface area contributed by atoms with E-state index in [2.05, 4.69) is 181 Å². The molecule has 0 aromatic heterocycles. The summed E-state index contributed by atoms with van der Waals surface area (Å²) in [4.78, 5) is 0. The van der Waals surface area contributed by atoms with E-state index >= 15 is 0 Å². The van der Waals surface area contributed by atoms with Crippen LogP contribution in [0, 0.1) is 0 Å². The quantitative estimate of drug-likeness (QED) is 0.150. The predicted octanol–water partition coefficient (Wildman–Crippen LogP) is 15.7. The van der Waals surface area contributed by atoms with E-state index in [0.29, 0.717) is 0 Å². The molecule has 10 rings (SSSR count). The molecule has 8 aromatic carbocycles. The van der Waals surface area contributed by atoms with Gasteiger partial charge in [-0.25, -0.2) is 0 Å². The van der Waals surface area contributed by atoms with Crippen molar-refractivity contribution in [3.8, 4) is 44.5 Å². The van der Waals surface area contributed by atoms with Crippen LogP contribution in [0.25, 0.3) is 101 Å². The van der Waals surface area contributed by atoms with Crippen molar-refractivity contribution in [2.24, 2.45) is 0 Å². The first-order chi connectivity index (χ1) is 27.2. The Bertz CT molecular complexity index is 3080. The largest absolute Gasteiger partial charge is 0.0984 e. The number of benzene rings is 8. The summed E-state index contributed by atoms with van der Waals surface area (Å²) < 4.78 is 0. The molecule has 0 amide bonds. The Morgan fingerprint density at radius 2 is 0.768 bits per heavy atom. The summed E-state index contributed by atoms with van der Waals surface area (Å²) in [6.45, 7) is 27.3. The van der Waals surface area contributed by atoms with E-state index in [1.165, 1.54) is 88.0 Å². The van der Waals surface area contributed by atoms with Crippen LogP contribution < -0.4 is 0 Å². The van der Waals surface area contributed by atoms with Crippen molar-refractivity contribution < 1.29 is 0 Å². The van der Waals surface area contributed by atoms with E-state index < -0.39 is 0 Å². The van der Waals surface area contributed by atoms with Gasteiger partial charge >= 0.3 is 0 Å². The van der Waals surface area contributed by atoms with Crippen LogP contribution in [0.4, 0.5) is 0 Å². The summed E-state index contributed by atoms with van der Waals surface area (Å²) in [5.74, 6) is 0. The summed E-state index contributed by atoms with van der Waals surface area (Å²) in [5.41, 5.74) is 19.2. The number of fused-ring (bicyclic) bond motifs is 12. The predicted molar refractivity (Wildman–Crippen MR) is 245 cm³/mol. The lowest BCUT2D eigenvalue weighted by Gasteiger charge is -2.29. The fourth-order valence-electron chi connectivity index (χ4n) is 10.9. The minimum atomic E-state index is -0.285. The molecule has 2 aliphatic carbocycles. The van der Waals surface area contributed by atoms with Gasteiger partial charge in [-0.3, -0.25) is 0 Å². The average Bonchev–Trinajstić information content (AvgIpc) is 3.62. The molecular formula is C56H44. The van der Waals surface area contributed by atoms with Crippen molar-refractivity contribution in [1.29, 1.82) is 0 Å². The SMILES string of the molecule is C=Cc1c(-c2c(C=C)c(C=C)c(-c3cccc4c3C(C)(C)c3c-4c4ccccc4c4ccccc34)c3ccccc23)cc2c(c1C=C)-c1ccccc1C2(C)C. The zero-order chi connectivity index (χ0) is 38.7. The fraction of sp³-hybridized carbons (Fsp3) is 0.107. The van der Waals surface area contributed by atoms with Gasteiger partial charge in [0, 0.05) is 10.8 Å². The average molecular weight is 717 g/mol. The monoisotopic (exact) mass is 716 g/mol. The Labute approximate surface area is 330 Å². The zero-order valence-electron chi connectivity index (χ0n) is 32.7. The molecule has 0 radical (unpaired) electrons. The Kier molecular flexibility index (Phi) is 7.29. The third-order valence-electron chi connectivity index (χ3n) is 13.1. The molecule has 268 valence electrons. The van der Waals surface area contributed by atoms with Crippen LogP contribution >= 0.6 is 0 Å². The Morgan fingerprint density at radius 3 is 1.36 bits per heavy atom. The highest BCUT2D eigenvalue weighted by atomic mass is 14.4. The molecule has 0 saturated carbocycles. The van der Waals surface area contributed by atoms with Crippen LogP contribution in [-0.2, 0) is 10.8 Å². The first kappa shape index (κ1) is 34.0. The highest BCUT2D eigenvalue weighted by Gasteiger charge is 2.42. The second kappa shape index (κ2) is 12.0. The normalized spacial score (nSPS) is 14.3. The lowest BCUT2D eigenvalue weighted by molar-refractivity contribution is 0.660. The number of rotatable bonds is 6. The van der Waals surface area contributed by atoms with Crippen LogP contribution in [-0.4, -0.2) is 0 Å². The molecule has 8 aromatic rings. The standard InChI is InChI=1S/C56H44/c1-9-33-34(10-2)51-43-28-19-20-31-47(43)55(5,6)48(51)32-46(33)50-36(12-4)35(11-3)49(40-25-16-17-26-41(40)50)44-29-21-30-45-52-39-24-15-13-22-37(39)38-23-14-18-27-42(38)54(52)56(7,8)53(44)45/h9-32H,1-4H2,5-8H3. The van der Waals surface area contributed by atoms with E-state index in [4.69, 9.17) is 0 Å². The molecule has 0 saturated heterocycles. The first-order valence-electron chi connectivity index (χ1n) is 19.7. The Morgan fingerprint density at radius 1 is 0.339 bits per heavy atom. The van der Waals surface area contributed by atoms with E-state index in [1.54, 1.807) is 0 Å². The van der Waals surface area contributed by atoms with E-state index in [9.17, 15) is 0 Å². The minimum absolute atomic E-state index is 0.191. The molecule has 0 unspecified atom stereocenters. The molecule has 0 bridgehead atoms. The van der Waals surface area contributed by atoms with Gasteiger partial charge in [-0.05, 0) is 127 Å². The minimum Gasteiger partial charge on any atom is -0.0984 e. The Hall–Kier alpha value is -6.50. The molecule has 0 fully saturated rings. The van der Waals surface area contributed by atoms with Crippen molar-refractivity contribution >= 4 is 56.6 Å². The van der Waals surface area contributed by atoms with Crippen molar-refractivity contribution in [2.45, 2.75) is 38.5 Å². The van der Waals surface area contributed by atoms with E-state index in [-0.39, 0.29) is 10.8 Å². The van der Waals surface area contributed by atoms with Crippen LogP contribution in [0.1, 0.15) is 72.2 Å². The summed E-state index contributed by atoms with van der Waals surface area (Å²) in [7, 11) is 0. The molecule has 0 aliphatic heterocycles. The summed E-state index contributed by atoms with van der Waals surface area (Å²) >= 11 is 0. The molecule has 2 aliphatic rings. The highest BCUT2D eigenvalue weighted by Crippen LogP contribution is 2.59. The third-order valence-corrected chi connectivity index (χ3v) is 13.1. The number of hydrogen-bond acceptors (Lipinski definition) is 0. The van der Waals surface area contributed by atoms with Crippen LogP contribution in [0.5, 0.6) is 0 Å². The summed E-state index contributed by atoms with van der Waals surface area (Å²) in [5, 5.41) is 7.59. The van der Waals surface area contributed by atoms with Gasteiger partial charge in [-0.1, -0.05) is 194 Å². The molecule has 0 nitrogen and oxygen atoms in total. The zero-order valence-corrected chi connectivity index (χ0v) is 32.7. The van der Waals surface area contributed by atoms with Gasteiger partial charge in [0.05, 0.1) is 0 Å². The van der Waals surface area contributed by atoms with Crippen LogP contribution in [0.15, 0.2) is 148 Å². The van der Waals surface area contributed by atoms with Gasteiger partial charge < -0.3 is 0 Å². The molecule has 0 heteroatoms. The second-order valence-electron chi connectivity index (χ2n) is 16.5. The maximum atomic E-state index is 4.52. The molecule has 0 heterocycles. The molecule has 0 N–H and O–H groups in total. The maximum Gasteiger partial charge on any atom is 0.0171 e. The Balaban J connectivity index is 1.32. The third kappa shape index (κ3) is 4.25. The topological polar surface area (TPSA) is 0 Å². The van der Waals surface area contributed by atoms with Gasteiger partial charge in [0.25, 0.3) is 0 Å². The fourth-order valence-corrected chi connectivity index (χ4v) is 10.9. The van der Waals surface area contributed by atoms with E-state index in [1.807, 2.05) is 18.2 Å². The van der Waals surface area contributed by atoms with Crippen LogP contribution in [0.3, 0.4) is 0 Å². The maximum absolute atomic E-state index is 4.52. The van der Waals surface area contributed by atoms with Crippen LogP contribution in [0.2, 0.25) is 0 Å². The second-order valence-corrected chi connectivity index (χ2v) is 16.5. The van der Waals surface area contributed by atoms with Gasteiger partial charge in [0.2, 0.25) is 0 Å². The van der Waals surface area contributed by atoms with Crippen molar-refractivity contribution in [3.05, 3.63) is 192 Å². The molecule has 0 spiro atoms. The first-order valence-corrected chi connectivity index (χ1v) is 19.7. The van der Waals surface area contributed by atoms with Crippen molar-refractivity contribution in [2.75, 3.05) is 0 Å². The van der Waals surface area contributed by atoms with Gasteiger partial charge in [-0.2, -0.15) is 0 Å². The summed E-state index contributed by atoms with van der Waals surface area (Å²) in [6.07, 6.45) is 8.13. The number of hydrogen-bond donors (Lipinski definition) is 0. The van der Waals surface area contributed by atoms with Crippen molar-refractivity contribution in [1.82, 2.24) is 0 Å². The van der Waals surface area contributed by atoms with Gasteiger partial charge in [-0.15, -0.1) is 0 Å². The highest BCUT2D eigenvalue weighted by molar-refractivity contribution is 6.20. The van der Waals surface area contributed by atoms with Gasteiger partial charge in [0.15, 0.2) is 0 Å². The molecule has 56 heavy (non-hydrogen) atoms. The lowest BCUT2D eigenvalue weighted by atomic mass is 9.74. The molecule has 0 atom stereocenters. The van der Waals surface area contributed by atoms with Crippen molar-refractivity contribution in [3.63, 3.8) is 0 Å². The molecular weight excluding hydrogens is 673 g/mol.